The Kier molecular flexibility index (Phi) is 7.87. The summed E-state index contributed by atoms with van der Waals surface area (Å²) in [5, 5.41) is 2.67. The highest BCUT2D eigenvalue weighted by Crippen LogP contribution is 2.24. The highest BCUT2D eigenvalue weighted by Gasteiger charge is 2.14. The summed E-state index contributed by atoms with van der Waals surface area (Å²) in [6.07, 6.45) is 3.06. The smallest absolute Gasteiger partial charge is 0.251 e. The van der Waals surface area contributed by atoms with E-state index in [0.29, 0.717) is 11.3 Å². The molecule has 3 aromatic rings. The Morgan fingerprint density at radius 2 is 1.91 bits per heavy atom. The molecule has 0 atom stereocenters. The van der Waals surface area contributed by atoms with E-state index >= 15 is 0 Å². The zero-order chi connectivity index (χ0) is 23.0. The largest absolute Gasteiger partial charge is 0.453 e. The van der Waals surface area contributed by atoms with Crippen molar-refractivity contribution in [2.75, 3.05) is 20.3 Å². The molecule has 168 valence electrons. The van der Waals surface area contributed by atoms with Crippen LogP contribution < -0.4 is 14.8 Å². The molecule has 3 rings (SSSR count). The van der Waals surface area contributed by atoms with Gasteiger partial charge in [-0.2, -0.15) is 0 Å². The van der Waals surface area contributed by atoms with Gasteiger partial charge < -0.3 is 14.8 Å². The quantitative estimate of drug-likeness (QED) is 0.452. The topological polar surface area (TPSA) is 107 Å². The molecule has 1 heterocycles. The lowest BCUT2D eigenvalue weighted by Crippen LogP contribution is -2.27. The van der Waals surface area contributed by atoms with Crippen LogP contribution in [0.5, 0.6) is 11.5 Å². The molecule has 32 heavy (non-hydrogen) atoms. The molecule has 0 spiro atoms. The number of nitrogens with zero attached hydrogens (tertiary/aromatic N) is 1. The predicted molar refractivity (Wildman–Crippen MR) is 115 cm³/mol. The van der Waals surface area contributed by atoms with E-state index < -0.39 is 21.7 Å². The molecular formula is C22H22FN3O5S. The van der Waals surface area contributed by atoms with E-state index in [4.69, 9.17) is 9.47 Å². The number of hydrogen-bond acceptors (Lipinski definition) is 6. The third kappa shape index (κ3) is 6.33. The maximum Gasteiger partial charge on any atom is 0.251 e. The van der Waals surface area contributed by atoms with Crippen molar-refractivity contribution in [3.8, 4) is 11.5 Å². The van der Waals surface area contributed by atoms with Crippen LogP contribution in [0, 0.1) is 5.82 Å². The molecule has 8 nitrogen and oxygen atoms in total. The van der Waals surface area contributed by atoms with Crippen LogP contribution in [0.4, 0.5) is 4.39 Å². The third-order valence-corrected chi connectivity index (χ3v) is 5.81. The highest BCUT2D eigenvalue weighted by atomic mass is 32.2. The standard InChI is InChI=1S/C22H22FN3O5S/c1-30-12-11-26-32(28,29)19-7-5-17(6-8-19)22(27)25-14-16-4-9-21(20(23)13-16)31-18-3-2-10-24-15-18/h2-10,13,15,26H,11-12,14H2,1H3,(H,25,27). The Balaban J connectivity index is 1.58. The van der Waals surface area contributed by atoms with Gasteiger partial charge in [-0.25, -0.2) is 17.5 Å². The van der Waals surface area contributed by atoms with E-state index in [0.717, 1.165) is 0 Å². The van der Waals surface area contributed by atoms with E-state index in [-0.39, 0.29) is 35.9 Å². The number of nitrogens with one attached hydrogen (secondary N) is 2. The van der Waals surface area contributed by atoms with Gasteiger partial charge in [0.1, 0.15) is 5.75 Å². The second-order valence-corrected chi connectivity index (χ2v) is 8.42. The molecule has 10 heteroatoms. The lowest BCUT2D eigenvalue weighted by molar-refractivity contribution is 0.0950. The number of pyridine rings is 1. The number of sulfonamides is 1. The third-order valence-electron chi connectivity index (χ3n) is 4.34. The van der Waals surface area contributed by atoms with Crippen LogP contribution in [0.25, 0.3) is 0 Å². The van der Waals surface area contributed by atoms with Gasteiger partial charge in [-0.05, 0) is 54.1 Å². The van der Waals surface area contributed by atoms with Crippen LogP contribution in [0.15, 0.2) is 71.9 Å². The Hall–Kier alpha value is -3.34. The molecule has 0 unspecified atom stereocenters. The predicted octanol–water partition coefficient (Wildman–Crippen LogP) is 2.87. The number of methoxy groups -OCH3 is 1. The molecule has 2 N–H and O–H groups in total. The van der Waals surface area contributed by atoms with Crippen LogP contribution in [0.2, 0.25) is 0 Å². The maximum atomic E-state index is 14.3. The number of carbonyl (C=O) groups excluding carboxylic acids is 1. The molecule has 0 aliphatic rings. The van der Waals surface area contributed by atoms with Crippen LogP contribution in [0.3, 0.4) is 0 Å². The molecule has 0 saturated heterocycles. The van der Waals surface area contributed by atoms with Crippen molar-refractivity contribution in [3.63, 3.8) is 0 Å². The number of aromatic nitrogens is 1. The summed E-state index contributed by atoms with van der Waals surface area (Å²) in [6.45, 7) is 0.474. The van der Waals surface area contributed by atoms with Crippen LogP contribution in [-0.4, -0.2) is 39.6 Å². The van der Waals surface area contributed by atoms with Crippen molar-refractivity contribution in [1.29, 1.82) is 0 Å². The molecule has 2 aromatic carbocycles. The van der Waals surface area contributed by atoms with Gasteiger partial charge in [0.25, 0.3) is 5.91 Å². The SMILES string of the molecule is COCCNS(=O)(=O)c1ccc(C(=O)NCc2ccc(Oc3cccnc3)c(F)c2)cc1. The average Bonchev–Trinajstić information content (AvgIpc) is 2.80. The molecule has 0 radical (unpaired) electrons. The van der Waals surface area contributed by atoms with Gasteiger partial charge in [-0.15, -0.1) is 0 Å². The van der Waals surface area contributed by atoms with Crippen molar-refractivity contribution in [2.45, 2.75) is 11.4 Å². The fraction of sp³-hybridized carbons (Fsp3) is 0.182. The van der Waals surface area contributed by atoms with Gasteiger partial charge in [-0.3, -0.25) is 9.78 Å². The molecule has 1 amide bonds. The number of ether oxygens (including phenoxy) is 2. The van der Waals surface area contributed by atoms with Crippen LogP contribution in [0.1, 0.15) is 15.9 Å². The van der Waals surface area contributed by atoms with Crippen molar-refractivity contribution >= 4 is 15.9 Å². The summed E-state index contributed by atoms with van der Waals surface area (Å²) in [5.74, 6) is -0.538. The second-order valence-electron chi connectivity index (χ2n) is 6.65. The monoisotopic (exact) mass is 459 g/mol. The van der Waals surface area contributed by atoms with Gasteiger partial charge in [0, 0.05) is 32.0 Å². The fourth-order valence-electron chi connectivity index (χ4n) is 2.70. The first-order valence-electron chi connectivity index (χ1n) is 9.62. The van der Waals surface area contributed by atoms with Gasteiger partial charge in [0.15, 0.2) is 11.6 Å². The summed E-state index contributed by atoms with van der Waals surface area (Å²) >= 11 is 0. The zero-order valence-electron chi connectivity index (χ0n) is 17.2. The van der Waals surface area contributed by atoms with E-state index in [1.807, 2.05) is 0 Å². The number of carbonyl (C=O) groups is 1. The van der Waals surface area contributed by atoms with Crippen molar-refractivity contribution < 1.29 is 27.1 Å². The Morgan fingerprint density at radius 3 is 2.56 bits per heavy atom. The molecule has 0 fully saturated rings. The first-order valence-corrected chi connectivity index (χ1v) is 11.1. The fourth-order valence-corrected chi connectivity index (χ4v) is 3.72. The van der Waals surface area contributed by atoms with Gasteiger partial charge in [0.05, 0.1) is 17.7 Å². The van der Waals surface area contributed by atoms with E-state index in [1.165, 1.54) is 49.7 Å². The minimum Gasteiger partial charge on any atom is -0.453 e. The zero-order valence-corrected chi connectivity index (χ0v) is 18.1. The van der Waals surface area contributed by atoms with Crippen molar-refractivity contribution in [1.82, 2.24) is 15.0 Å². The lowest BCUT2D eigenvalue weighted by atomic mass is 10.2. The Bertz CT molecular complexity index is 1160. The number of rotatable bonds is 10. The Morgan fingerprint density at radius 1 is 1.12 bits per heavy atom. The summed E-state index contributed by atoms with van der Waals surface area (Å²) in [5.41, 5.74) is 0.814. The molecule has 0 aliphatic heterocycles. The first kappa shape index (κ1) is 23.3. The van der Waals surface area contributed by atoms with E-state index in [9.17, 15) is 17.6 Å². The molecule has 0 aliphatic carbocycles. The van der Waals surface area contributed by atoms with E-state index in [2.05, 4.69) is 15.0 Å². The van der Waals surface area contributed by atoms with Crippen molar-refractivity contribution in [2.24, 2.45) is 0 Å². The average molecular weight is 459 g/mol. The van der Waals surface area contributed by atoms with Gasteiger partial charge in [-0.1, -0.05) is 6.07 Å². The minimum atomic E-state index is -3.68. The number of amides is 1. The molecule has 0 bridgehead atoms. The number of halogens is 1. The molecule has 1 aromatic heterocycles. The molecular weight excluding hydrogens is 437 g/mol. The van der Waals surface area contributed by atoms with E-state index in [1.54, 1.807) is 24.4 Å². The summed E-state index contributed by atoms with van der Waals surface area (Å²) in [4.78, 5) is 16.3. The van der Waals surface area contributed by atoms with Crippen molar-refractivity contribution in [3.05, 3.63) is 83.9 Å². The Labute approximate surface area is 185 Å². The summed E-state index contributed by atoms with van der Waals surface area (Å²) in [6, 6.07) is 13.2. The minimum absolute atomic E-state index is 0.0384. The summed E-state index contributed by atoms with van der Waals surface area (Å²) < 4.78 is 51.3. The second kappa shape index (κ2) is 10.8. The summed E-state index contributed by atoms with van der Waals surface area (Å²) in [7, 11) is -2.21. The molecule has 0 saturated carbocycles. The van der Waals surface area contributed by atoms with Gasteiger partial charge in [0.2, 0.25) is 10.0 Å². The van der Waals surface area contributed by atoms with Crippen LogP contribution in [-0.2, 0) is 21.3 Å². The number of hydrogen-bond donors (Lipinski definition) is 2. The lowest BCUT2D eigenvalue weighted by Gasteiger charge is -2.10. The number of benzene rings is 2. The maximum absolute atomic E-state index is 14.3. The van der Waals surface area contributed by atoms with Crippen LogP contribution >= 0.6 is 0 Å². The highest BCUT2D eigenvalue weighted by molar-refractivity contribution is 7.89. The van der Waals surface area contributed by atoms with Gasteiger partial charge >= 0.3 is 0 Å². The normalized spacial score (nSPS) is 11.2. The first-order chi connectivity index (χ1) is 15.4.